The summed E-state index contributed by atoms with van der Waals surface area (Å²) in [6, 6.07) is 9.94. The van der Waals surface area contributed by atoms with Crippen LogP contribution in [0.25, 0.3) is 0 Å². The molecule has 3 rings (SSSR count). The number of hydrogen-bond acceptors (Lipinski definition) is 4. The highest BCUT2D eigenvalue weighted by Crippen LogP contribution is 2.46. The summed E-state index contributed by atoms with van der Waals surface area (Å²) in [6.07, 6.45) is 4.33. The van der Waals surface area contributed by atoms with E-state index in [2.05, 4.69) is 0 Å². The number of hydrogen-bond donors (Lipinski definition) is 1. The zero-order valence-electron chi connectivity index (χ0n) is 14.1. The van der Waals surface area contributed by atoms with E-state index in [1.165, 1.54) is 0 Å². The maximum Gasteiger partial charge on any atom is 0.244 e. The Kier molecular flexibility index (Phi) is 4.47. The molecule has 132 valence electrons. The Morgan fingerprint density at radius 2 is 1.88 bits per heavy atom. The van der Waals surface area contributed by atoms with Gasteiger partial charge in [-0.3, -0.25) is 4.79 Å². The predicted octanol–water partition coefficient (Wildman–Crippen LogP) is 1.41. The third-order valence-electron chi connectivity index (χ3n) is 5.51. The van der Waals surface area contributed by atoms with Gasteiger partial charge in [0.2, 0.25) is 5.91 Å². The fourth-order valence-corrected chi connectivity index (χ4v) is 5.17. The highest BCUT2D eigenvalue weighted by molar-refractivity contribution is 7.93. The minimum Gasteiger partial charge on any atom is -0.396 e. The van der Waals surface area contributed by atoms with Gasteiger partial charge in [0.25, 0.3) is 0 Å². The minimum atomic E-state index is -3.40. The fourth-order valence-electron chi connectivity index (χ4n) is 3.88. The summed E-state index contributed by atoms with van der Waals surface area (Å²) < 4.78 is 22.9. The van der Waals surface area contributed by atoms with Crippen LogP contribution in [0.1, 0.15) is 31.2 Å². The second kappa shape index (κ2) is 6.15. The van der Waals surface area contributed by atoms with Crippen LogP contribution >= 0.6 is 0 Å². The van der Waals surface area contributed by atoms with Crippen molar-refractivity contribution >= 4 is 15.7 Å². The summed E-state index contributed by atoms with van der Waals surface area (Å²) in [5.74, 6) is -0.268. The molecule has 1 aliphatic carbocycles. The minimum absolute atomic E-state index is 0.00243. The first-order valence-electron chi connectivity index (χ1n) is 8.46. The van der Waals surface area contributed by atoms with Crippen LogP contribution in [0.2, 0.25) is 0 Å². The number of aliphatic hydroxyl groups is 1. The number of aliphatic hydroxyl groups excluding tert-OH is 1. The lowest BCUT2D eigenvalue weighted by molar-refractivity contribution is -0.135. The van der Waals surface area contributed by atoms with Gasteiger partial charge in [0, 0.05) is 24.8 Å². The molecule has 0 spiro atoms. The fraction of sp³-hybridized carbons (Fsp3) is 0.611. The van der Waals surface area contributed by atoms with Gasteiger partial charge < -0.3 is 10.0 Å². The molecule has 24 heavy (non-hydrogen) atoms. The Morgan fingerprint density at radius 3 is 2.42 bits per heavy atom. The second-order valence-electron chi connectivity index (χ2n) is 7.42. The first-order chi connectivity index (χ1) is 11.3. The van der Waals surface area contributed by atoms with E-state index >= 15 is 0 Å². The van der Waals surface area contributed by atoms with Crippen LogP contribution in [0.5, 0.6) is 0 Å². The number of nitrogens with zero attached hydrogens (tertiary/aromatic N) is 1. The molecule has 1 saturated heterocycles. The van der Waals surface area contributed by atoms with Gasteiger partial charge in [0.15, 0.2) is 14.6 Å². The van der Waals surface area contributed by atoms with Gasteiger partial charge >= 0.3 is 0 Å². The molecule has 5 nitrogen and oxygen atoms in total. The van der Waals surface area contributed by atoms with Crippen LogP contribution in [0.3, 0.4) is 0 Å². The molecule has 1 unspecified atom stereocenters. The van der Waals surface area contributed by atoms with E-state index in [0.29, 0.717) is 32.4 Å². The number of likely N-dealkylation sites (tertiary alicyclic amines) is 1. The number of carbonyl (C=O) groups is 1. The molecule has 1 saturated carbocycles. The summed E-state index contributed by atoms with van der Waals surface area (Å²) in [7, 11) is -3.40. The SMILES string of the molecule is CS(=O)(=O)C1(C(=O)N2CCCC(CO)(Cc3ccccc3)C2)CC1. The Balaban J connectivity index is 1.79. The Morgan fingerprint density at radius 1 is 1.21 bits per heavy atom. The largest absolute Gasteiger partial charge is 0.396 e. The number of piperidine rings is 1. The maximum atomic E-state index is 12.9. The van der Waals surface area contributed by atoms with Gasteiger partial charge in [-0.2, -0.15) is 0 Å². The van der Waals surface area contributed by atoms with Gasteiger partial charge in [-0.25, -0.2) is 8.42 Å². The van der Waals surface area contributed by atoms with Gasteiger partial charge in [0.05, 0.1) is 6.61 Å². The molecule has 0 aromatic heterocycles. The molecular weight excluding hydrogens is 326 g/mol. The van der Waals surface area contributed by atoms with Crippen LogP contribution in [0.15, 0.2) is 30.3 Å². The molecule has 1 aliphatic heterocycles. The monoisotopic (exact) mass is 351 g/mol. The van der Waals surface area contributed by atoms with Crippen molar-refractivity contribution in [1.82, 2.24) is 4.90 Å². The van der Waals surface area contributed by atoms with E-state index in [1.54, 1.807) is 4.90 Å². The molecule has 6 heteroatoms. The lowest BCUT2D eigenvalue weighted by Crippen LogP contribution is -2.53. The summed E-state index contributed by atoms with van der Waals surface area (Å²) in [5, 5.41) is 10.0. The molecule has 0 radical (unpaired) electrons. The van der Waals surface area contributed by atoms with Crippen molar-refractivity contribution in [3.05, 3.63) is 35.9 Å². The van der Waals surface area contributed by atoms with E-state index in [-0.39, 0.29) is 17.9 Å². The highest BCUT2D eigenvalue weighted by Gasteiger charge is 2.60. The molecule has 1 aromatic carbocycles. The summed E-state index contributed by atoms with van der Waals surface area (Å²) >= 11 is 0. The molecule has 1 atom stereocenters. The normalized spacial score (nSPS) is 26.2. The maximum absolute atomic E-state index is 12.9. The van der Waals surface area contributed by atoms with Crippen molar-refractivity contribution in [3.63, 3.8) is 0 Å². The van der Waals surface area contributed by atoms with Crippen molar-refractivity contribution in [3.8, 4) is 0 Å². The first kappa shape index (κ1) is 17.4. The Bertz CT molecular complexity index is 712. The van der Waals surface area contributed by atoms with E-state index in [0.717, 1.165) is 24.7 Å². The van der Waals surface area contributed by atoms with Crippen LogP contribution in [-0.2, 0) is 21.1 Å². The number of carbonyl (C=O) groups excluding carboxylic acids is 1. The second-order valence-corrected chi connectivity index (χ2v) is 9.74. The van der Waals surface area contributed by atoms with E-state index < -0.39 is 14.6 Å². The lowest BCUT2D eigenvalue weighted by Gasteiger charge is -2.43. The standard InChI is InChI=1S/C18H25NO4S/c1-24(22,23)18(9-10-18)16(21)19-11-5-8-17(13-19,14-20)12-15-6-3-2-4-7-15/h2-4,6-7,20H,5,8-14H2,1H3. The number of benzene rings is 1. The van der Waals surface area contributed by atoms with Gasteiger partial charge in [-0.15, -0.1) is 0 Å². The topological polar surface area (TPSA) is 74.7 Å². The van der Waals surface area contributed by atoms with Gasteiger partial charge in [0.1, 0.15) is 0 Å². The van der Waals surface area contributed by atoms with Crippen LogP contribution in [0.4, 0.5) is 0 Å². The number of sulfone groups is 1. The van der Waals surface area contributed by atoms with Crippen molar-refractivity contribution in [1.29, 1.82) is 0 Å². The van der Waals surface area contributed by atoms with Crippen LogP contribution in [-0.4, -0.2) is 55.0 Å². The van der Waals surface area contributed by atoms with Crippen molar-refractivity contribution < 1.29 is 18.3 Å². The Hall–Kier alpha value is -1.40. The van der Waals surface area contributed by atoms with Gasteiger partial charge in [-0.1, -0.05) is 30.3 Å². The molecule has 1 amide bonds. The van der Waals surface area contributed by atoms with E-state index in [4.69, 9.17) is 0 Å². The van der Waals surface area contributed by atoms with E-state index in [1.807, 2.05) is 30.3 Å². The molecular formula is C18H25NO4S. The van der Waals surface area contributed by atoms with Crippen LogP contribution in [0, 0.1) is 5.41 Å². The van der Waals surface area contributed by atoms with Crippen molar-refractivity contribution in [2.24, 2.45) is 5.41 Å². The van der Waals surface area contributed by atoms with Crippen molar-refractivity contribution in [2.45, 2.75) is 36.9 Å². The zero-order chi connectivity index (χ0) is 17.4. The average molecular weight is 351 g/mol. The molecule has 2 aliphatic rings. The lowest BCUT2D eigenvalue weighted by atomic mass is 9.75. The third-order valence-corrected chi connectivity index (χ3v) is 7.51. The molecule has 1 aromatic rings. The average Bonchev–Trinajstić information content (AvgIpc) is 3.37. The van der Waals surface area contributed by atoms with Gasteiger partial charge in [-0.05, 0) is 37.7 Å². The van der Waals surface area contributed by atoms with E-state index in [9.17, 15) is 18.3 Å². The summed E-state index contributed by atoms with van der Waals surface area (Å²) in [6.45, 7) is 0.999. The summed E-state index contributed by atoms with van der Waals surface area (Å²) in [4.78, 5) is 14.5. The molecule has 0 bridgehead atoms. The first-order valence-corrected chi connectivity index (χ1v) is 10.3. The molecule has 1 heterocycles. The quantitative estimate of drug-likeness (QED) is 0.870. The van der Waals surface area contributed by atoms with Crippen LogP contribution < -0.4 is 0 Å². The highest BCUT2D eigenvalue weighted by atomic mass is 32.2. The molecule has 2 fully saturated rings. The Labute approximate surface area is 143 Å². The summed E-state index contributed by atoms with van der Waals surface area (Å²) in [5.41, 5.74) is 0.744. The number of amides is 1. The third kappa shape index (κ3) is 3.09. The smallest absolute Gasteiger partial charge is 0.244 e. The molecule has 1 N–H and O–H groups in total. The predicted molar refractivity (Wildman–Crippen MR) is 92.3 cm³/mol. The zero-order valence-corrected chi connectivity index (χ0v) is 14.9. The van der Waals surface area contributed by atoms with Crippen molar-refractivity contribution in [2.75, 3.05) is 26.0 Å². The number of rotatable bonds is 5.